The standard InChI is InChI=1S/C21H20BrN3O3/c1-2-17(19-24-21(28-25-19)14-7-5-8-16(22)11-14)23-20(26)15-10-13-6-3-4-9-18(13)27-12-15/h3-9,11,15,17H,2,10,12H2,1H3,(H,23,26). The van der Waals surface area contributed by atoms with Gasteiger partial charge in [0.1, 0.15) is 12.4 Å². The van der Waals surface area contributed by atoms with Crippen molar-refractivity contribution in [3.63, 3.8) is 0 Å². The molecule has 0 aliphatic carbocycles. The molecule has 0 saturated heterocycles. The molecule has 6 nitrogen and oxygen atoms in total. The zero-order chi connectivity index (χ0) is 19.5. The minimum Gasteiger partial charge on any atom is -0.492 e. The minimum absolute atomic E-state index is 0.0600. The highest BCUT2D eigenvalue weighted by Crippen LogP contribution is 2.28. The van der Waals surface area contributed by atoms with Crippen molar-refractivity contribution >= 4 is 21.8 Å². The fourth-order valence-corrected chi connectivity index (χ4v) is 3.65. The van der Waals surface area contributed by atoms with Crippen molar-refractivity contribution in [1.82, 2.24) is 15.5 Å². The molecule has 2 heterocycles. The Balaban J connectivity index is 1.46. The lowest BCUT2D eigenvalue weighted by molar-refractivity contribution is -0.127. The second-order valence-corrected chi connectivity index (χ2v) is 7.67. The average molecular weight is 442 g/mol. The topological polar surface area (TPSA) is 77.2 Å². The second kappa shape index (κ2) is 8.14. The quantitative estimate of drug-likeness (QED) is 0.637. The highest BCUT2D eigenvalue weighted by atomic mass is 79.9. The Morgan fingerprint density at radius 3 is 2.96 bits per heavy atom. The third-order valence-corrected chi connectivity index (χ3v) is 5.29. The molecule has 0 fully saturated rings. The van der Waals surface area contributed by atoms with Crippen LogP contribution in [0.2, 0.25) is 0 Å². The average Bonchev–Trinajstić information content (AvgIpc) is 3.21. The molecule has 1 N–H and O–H groups in total. The van der Waals surface area contributed by atoms with Crippen LogP contribution in [0.15, 0.2) is 57.5 Å². The number of hydrogen-bond acceptors (Lipinski definition) is 5. The molecule has 0 saturated carbocycles. The third kappa shape index (κ3) is 3.94. The zero-order valence-corrected chi connectivity index (χ0v) is 17.0. The number of aromatic nitrogens is 2. The molecule has 4 rings (SSSR count). The van der Waals surface area contributed by atoms with Crippen molar-refractivity contribution in [1.29, 1.82) is 0 Å². The van der Waals surface area contributed by atoms with E-state index in [0.29, 0.717) is 31.2 Å². The number of amides is 1. The molecule has 0 bridgehead atoms. The van der Waals surface area contributed by atoms with Crippen LogP contribution in [0.4, 0.5) is 0 Å². The van der Waals surface area contributed by atoms with Gasteiger partial charge in [0, 0.05) is 10.0 Å². The normalized spacial score (nSPS) is 16.7. The molecule has 1 aliphatic heterocycles. The van der Waals surface area contributed by atoms with Gasteiger partial charge in [-0.15, -0.1) is 0 Å². The van der Waals surface area contributed by atoms with Crippen LogP contribution in [0.5, 0.6) is 5.75 Å². The first-order chi connectivity index (χ1) is 13.6. The van der Waals surface area contributed by atoms with Crippen LogP contribution in [-0.4, -0.2) is 22.7 Å². The molecule has 0 radical (unpaired) electrons. The van der Waals surface area contributed by atoms with Crippen LogP contribution in [0.25, 0.3) is 11.5 Å². The Morgan fingerprint density at radius 2 is 2.14 bits per heavy atom. The summed E-state index contributed by atoms with van der Waals surface area (Å²) in [5.74, 6) is 1.47. The van der Waals surface area contributed by atoms with Crippen molar-refractivity contribution in [2.75, 3.05) is 6.61 Å². The van der Waals surface area contributed by atoms with E-state index in [1.807, 2.05) is 55.5 Å². The number of nitrogens with zero attached hydrogens (tertiary/aromatic N) is 2. The highest BCUT2D eigenvalue weighted by Gasteiger charge is 2.28. The molecule has 1 aromatic heterocycles. The molecule has 2 aromatic carbocycles. The van der Waals surface area contributed by atoms with Crippen LogP contribution < -0.4 is 10.1 Å². The fraction of sp³-hybridized carbons (Fsp3) is 0.286. The van der Waals surface area contributed by atoms with E-state index in [-0.39, 0.29) is 17.9 Å². The van der Waals surface area contributed by atoms with Gasteiger partial charge < -0.3 is 14.6 Å². The van der Waals surface area contributed by atoms with E-state index in [2.05, 4.69) is 31.4 Å². The monoisotopic (exact) mass is 441 g/mol. The van der Waals surface area contributed by atoms with Gasteiger partial charge in [0.25, 0.3) is 5.89 Å². The van der Waals surface area contributed by atoms with E-state index in [4.69, 9.17) is 9.26 Å². The number of nitrogens with one attached hydrogen (secondary N) is 1. The summed E-state index contributed by atoms with van der Waals surface area (Å²) in [6.45, 7) is 2.35. The lowest BCUT2D eigenvalue weighted by atomic mass is 9.95. The minimum atomic E-state index is -0.311. The van der Waals surface area contributed by atoms with Gasteiger partial charge in [-0.25, -0.2) is 0 Å². The van der Waals surface area contributed by atoms with Crippen LogP contribution in [0, 0.1) is 5.92 Å². The molecule has 7 heteroatoms. The number of carbonyl (C=O) groups excluding carboxylic acids is 1. The molecular formula is C21H20BrN3O3. The second-order valence-electron chi connectivity index (χ2n) is 6.76. The van der Waals surface area contributed by atoms with Gasteiger partial charge in [-0.05, 0) is 42.7 Å². The molecule has 28 heavy (non-hydrogen) atoms. The Kier molecular flexibility index (Phi) is 5.43. The lowest BCUT2D eigenvalue weighted by Gasteiger charge is -2.25. The Morgan fingerprint density at radius 1 is 1.29 bits per heavy atom. The van der Waals surface area contributed by atoms with Crippen LogP contribution in [0.3, 0.4) is 0 Å². The predicted octanol–water partition coefficient (Wildman–Crippen LogP) is 4.32. The first-order valence-electron chi connectivity index (χ1n) is 9.24. The fourth-order valence-electron chi connectivity index (χ4n) is 3.25. The van der Waals surface area contributed by atoms with Crippen molar-refractivity contribution < 1.29 is 14.1 Å². The van der Waals surface area contributed by atoms with E-state index in [1.165, 1.54) is 0 Å². The molecule has 3 aromatic rings. The maximum atomic E-state index is 12.8. The number of benzene rings is 2. The third-order valence-electron chi connectivity index (χ3n) is 4.80. The maximum absolute atomic E-state index is 12.8. The van der Waals surface area contributed by atoms with E-state index >= 15 is 0 Å². The molecule has 144 valence electrons. The summed E-state index contributed by atoms with van der Waals surface area (Å²) in [5.41, 5.74) is 1.88. The van der Waals surface area contributed by atoms with Gasteiger partial charge in [0.2, 0.25) is 5.91 Å². The van der Waals surface area contributed by atoms with Crippen LogP contribution in [0.1, 0.15) is 30.8 Å². The van der Waals surface area contributed by atoms with Gasteiger partial charge in [0.15, 0.2) is 5.82 Å². The van der Waals surface area contributed by atoms with E-state index < -0.39 is 0 Å². The summed E-state index contributed by atoms with van der Waals surface area (Å²) in [5, 5.41) is 7.13. The van der Waals surface area contributed by atoms with E-state index in [0.717, 1.165) is 21.3 Å². The van der Waals surface area contributed by atoms with Crippen molar-refractivity contribution in [3.05, 3.63) is 64.4 Å². The van der Waals surface area contributed by atoms with Gasteiger partial charge in [-0.1, -0.05) is 52.3 Å². The highest BCUT2D eigenvalue weighted by molar-refractivity contribution is 9.10. The zero-order valence-electron chi connectivity index (χ0n) is 15.4. The lowest BCUT2D eigenvalue weighted by Crippen LogP contribution is -2.39. The predicted molar refractivity (Wildman–Crippen MR) is 108 cm³/mol. The maximum Gasteiger partial charge on any atom is 0.258 e. The van der Waals surface area contributed by atoms with Gasteiger partial charge in [-0.2, -0.15) is 4.98 Å². The summed E-state index contributed by atoms with van der Waals surface area (Å²) in [6, 6.07) is 15.2. The molecule has 0 spiro atoms. The van der Waals surface area contributed by atoms with Crippen molar-refractivity contribution in [2.45, 2.75) is 25.8 Å². The Bertz CT molecular complexity index is 988. The van der Waals surface area contributed by atoms with Gasteiger partial charge in [0.05, 0.1) is 12.0 Å². The van der Waals surface area contributed by atoms with Crippen molar-refractivity contribution in [2.24, 2.45) is 5.92 Å². The molecular weight excluding hydrogens is 422 g/mol. The summed E-state index contributed by atoms with van der Waals surface area (Å²) in [6.07, 6.45) is 1.32. The largest absolute Gasteiger partial charge is 0.492 e. The summed E-state index contributed by atoms with van der Waals surface area (Å²) >= 11 is 3.44. The summed E-state index contributed by atoms with van der Waals surface area (Å²) < 4.78 is 12.1. The van der Waals surface area contributed by atoms with Gasteiger partial charge in [-0.3, -0.25) is 4.79 Å². The van der Waals surface area contributed by atoms with E-state index in [9.17, 15) is 4.79 Å². The smallest absolute Gasteiger partial charge is 0.258 e. The van der Waals surface area contributed by atoms with Crippen LogP contribution in [-0.2, 0) is 11.2 Å². The molecule has 1 aliphatic rings. The number of carbonyl (C=O) groups is 1. The number of ether oxygens (including phenoxy) is 1. The first kappa shape index (κ1) is 18.7. The van der Waals surface area contributed by atoms with Crippen LogP contribution >= 0.6 is 15.9 Å². The number of hydrogen-bond donors (Lipinski definition) is 1. The summed E-state index contributed by atoms with van der Waals surface area (Å²) in [7, 11) is 0. The SMILES string of the molecule is CCC(NC(=O)C1COc2ccccc2C1)c1noc(-c2cccc(Br)c2)n1. The van der Waals surface area contributed by atoms with E-state index in [1.54, 1.807) is 0 Å². The van der Waals surface area contributed by atoms with Crippen molar-refractivity contribution in [3.8, 4) is 17.2 Å². The number of halogens is 1. The summed E-state index contributed by atoms with van der Waals surface area (Å²) in [4.78, 5) is 17.3. The first-order valence-corrected chi connectivity index (χ1v) is 10.0. The molecule has 1 amide bonds. The Hall–Kier alpha value is -2.67. The molecule has 2 unspecified atom stereocenters. The number of fused-ring (bicyclic) bond motifs is 1. The number of para-hydroxylation sites is 1. The molecule has 2 atom stereocenters. The number of rotatable bonds is 5. The Labute approximate surface area is 171 Å². The van der Waals surface area contributed by atoms with Gasteiger partial charge >= 0.3 is 0 Å².